The molecule has 0 atom stereocenters. The van der Waals surface area contributed by atoms with Crippen LogP contribution in [0, 0.1) is 0 Å². The first-order valence-corrected chi connectivity index (χ1v) is 11.6. The molecule has 0 aromatic carbocycles. The Morgan fingerprint density at radius 3 is 2.44 bits per heavy atom. The molecule has 4 aromatic rings. The summed E-state index contributed by atoms with van der Waals surface area (Å²) in [6.07, 6.45) is -7.49. The minimum atomic E-state index is -4.76. The number of halogens is 6. The molecule has 4 heterocycles. The molecule has 4 rings (SSSR count). The highest BCUT2D eigenvalue weighted by Crippen LogP contribution is 2.34. The van der Waals surface area contributed by atoms with Crippen LogP contribution in [-0.2, 0) is 23.1 Å². The van der Waals surface area contributed by atoms with E-state index in [1.807, 2.05) is 0 Å². The molecule has 1 N–H and O–H groups in total. The van der Waals surface area contributed by atoms with Gasteiger partial charge in [-0.2, -0.15) is 31.4 Å². The van der Waals surface area contributed by atoms with E-state index >= 15 is 0 Å². The third kappa shape index (κ3) is 4.45. The van der Waals surface area contributed by atoms with Crippen LogP contribution in [0.15, 0.2) is 29.6 Å². The minimum absolute atomic E-state index is 0.122. The maximum Gasteiger partial charge on any atom is 0.433 e. The van der Waals surface area contributed by atoms with Crippen LogP contribution in [0.5, 0.6) is 0 Å². The Kier molecular flexibility index (Phi) is 5.93. The summed E-state index contributed by atoms with van der Waals surface area (Å²) in [6, 6.07) is 1.72. The number of sulfone groups is 1. The first-order valence-electron chi connectivity index (χ1n) is 9.99. The maximum atomic E-state index is 13.1. The molecule has 0 aliphatic carbocycles. The topological polar surface area (TPSA) is 124 Å². The summed E-state index contributed by atoms with van der Waals surface area (Å²) in [5.41, 5.74) is -2.21. The molecule has 0 unspecified atom stereocenters. The summed E-state index contributed by atoms with van der Waals surface area (Å²) in [5, 5.41) is 5.01. The average Bonchev–Trinajstić information content (AvgIpc) is 3.34. The van der Waals surface area contributed by atoms with Gasteiger partial charge in [0.25, 0.3) is 5.91 Å². The zero-order valence-electron chi connectivity index (χ0n) is 18.3. The number of nitrogens with zero attached hydrogens (tertiary/aromatic N) is 6. The normalized spacial score (nSPS) is 13.0. The van der Waals surface area contributed by atoms with E-state index in [4.69, 9.17) is 0 Å². The van der Waals surface area contributed by atoms with Crippen LogP contribution < -0.4 is 5.32 Å². The number of carbonyl (C=O) groups is 1. The number of hydrogen-bond acceptors (Lipinski definition) is 7. The molecular formula is C19H15F6N7O3S. The number of aromatic nitrogens is 6. The van der Waals surface area contributed by atoms with Crippen molar-refractivity contribution >= 4 is 32.4 Å². The van der Waals surface area contributed by atoms with Gasteiger partial charge in [0.05, 0.1) is 23.0 Å². The number of alkyl halides is 6. The highest BCUT2D eigenvalue weighted by molar-refractivity contribution is 7.91. The van der Waals surface area contributed by atoms with E-state index in [0.29, 0.717) is 6.07 Å². The fourth-order valence-electron chi connectivity index (χ4n) is 3.39. The molecule has 0 fully saturated rings. The van der Waals surface area contributed by atoms with Gasteiger partial charge in [0.2, 0.25) is 0 Å². The van der Waals surface area contributed by atoms with Crippen molar-refractivity contribution in [2.24, 2.45) is 7.05 Å². The van der Waals surface area contributed by atoms with E-state index in [0.717, 1.165) is 23.0 Å². The summed E-state index contributed by atoms with van der Waals surface area (Å²) in [4.78, 5) is 24.0. The van der Waals surface area contributed by atoms with Crippen LogP contribution in [0.2, 0.25) is 0 Å². The van der Waals surface area contributed by atoms with E-state index in [2.05, 4.69) is 20.1 Å². The van der Waals surface area contributed by atoms with E-state index in [1.54, 1.807) is 5.32 Å². The van der Waals surface area contributed by atoms with Crippen molar-refractivity contribution < 1.29 is 39.6 Å². The molecule has 17 heteroatoms. The van der Waals surface area contributed by atoms with Gasteiger partial charge >= 0.3 is 12.4 Å². The average molecular weight is 535 g/mol. The van der Waals surface area contributed by atoms with Crippen LogP contribution in [0.1, 0.15) is 23.1 Å². The Balaban J connectivity index is 1.98. The van der Waals surface area contributed by atoms with Gasteiger partial charge in [-0.25, -0.2) is 27.9 Å². The molecule has 1 amide bonds. The molecule has 0 spiro atoms. The lowest BCUT2D eigenvalue weighted by atomic mass is 10.3. The van der Waals surface area contributed by atoms with Crippen LogP contribution >= 0.6 is 0 Å². The standard InChI is InChI=1S/C19H15F6N7O3S/c1-3-36(34,35)17-13(15-29-9-6-12(19(23,24)25)27-7-11(9)31(15)2)14-26-5-4-10(32(14)30-17)16(33)28-8-18(20,21)22/h4-7H,3,8H2,1-2H3,(H,28,33). The quantitative estimate of drug-likeness (QED) is 0.390. The second-order valence-electron chi connectivity index (χ2n) is 7.50. The predicted molar refractivity (Wildman–Crippen MR) is 112 cm³/mol. The van der Waals surface area contributed by atoms with Crippen molar-refractivity contribution in [2.75, 3.05) is 12.3 Å². The lowest BCUT2D eigenvalue weighted by Gasteiger charge is -2.09. The van der Waals surface area contributed by atoms with Gasteiger partial charge in [-0.15, -0.1) is 0 Å². The zero-order chi connectivity index (χ0) is 26.6. The zero-order valence-corrected chi connectivity index (χ0v) is 19.1. The van der Waals surface area contributed by atoms with Crippen LogP contribution in [0.3, 0.4) is 0 Å². The van der Waals surface area contributed by atoms with Gasteiger partial charge in [-0.05, 0) is 12.1 Å². The van der Waals surface area contributed by atoms with E-state index < -0.39 is 56.8 Å². The monoisotopic (exact) mass is 535 g/mol. The summed E-state index contributed by atoms with van der Waals surface area (Å²) >= 11 is 0. The SMILES string of the molecule is CCS(=O)(=O)c1nn2c(C(=O)NCC(F)(F)F)ccnc2c1-c1nc2cc(C(F)(F)F)ncc2n1C. The number of pyridine rings is 1. The fourth-order valence-corrected chi connectivity index (χ4v) is 4.36. The molecule has 0 bridgehead atoms. The Morgan fingerprint density at radius 1 is 1.14 bits per heavy atom. The smallest absolute Gasteiger partial charge is 0.342 e. The van der Waals surface area contributed by atoms with Crippen molar-refractivity contribution in [3.05, 3.63) is 35.9 Å². The second-order valence-corrected chi connectivity index (χ2v) is 9.69. The van der Waals surface area contributed by atoms with Gasteiger partial charge in [0.1, 0.15) is 29.3 Å². The molecule has 4 aromatic heterocycles. The van der Waals surface area contributed by atoms with Gasteiger partial charge in [-0.3, -0.25) is 4.79 Å². The van der Waals surface area contributed by atoms with Crippen LogP contribution in [0.4, 0.5) is 26.3 Å². The largest absolute Gasteiger partial charge is 0.433 e. The number of nitrogens with one attached hydrogen (secondary N) is 1. The number of hydrogen-bond donors (Lipinski definition) is 1. The molecule has 0 saturated carbocycles. The van der Waals surface area contributed by atoms with E-state index in [-0.39, 0.29) is 28.1 Å². The molecule has 0 aliphatic rings. The van der Waals surface area contributed by atoms with Crippen molar-refractivity contribution in [1.29, 1.82) is 0 Å². The second kappa shape index (κ2) is 8.42. The van der Waals surface area contributed by atoms with Crippen LogP contribution in [-0.4, -0.2) is 61.9 Å². The number of rotatable bonds is 5. The third-order valence-electron chi connectivity index (χ3n) is 5.12. The number of carbonyl (C=O) groups excluding carboxylic acids is 1. The Hall–Kier alpha value is -3.76. The Bertz CT molecular complexity index is 1610. The maximum absolute atomic E-state index is 13.1. The summed E-state index contributed by atoms with van der Waals surface area (Å²) < 4.78 is 105. The molecule has 192 valence electrons. The number of aryl methyl sites for hydroxylation is 1. The molecule has 36 heavy (non-hydrogen) atoms. The van der Waals surface area contributed by atoms with Crippen molar-refractivity contribution in [3.8, 4) is 11.4 Å². The van der Waals surface area contributed by atoms with Gasteiger partial charge < -0.3 is 9.88 Å². The molecular weight excluding hydrogens is 520 g/mol. The van der Waals surface area contributed by atoms with Crippen molar-refractivity contribution in [1.82, 2.24) is 34.4 Å². The molecule has 0 aliphatic heterocycles. The highest BCUT2D eigenvalue weighted by Gasteiger charge is 2.35. The highest BCUT2D eigenvalue weighted by atomic mass is 32.2. The first-order chi connectivity index (χ1) is 16.6. The van der Waals surface area contributed by atoms with E-state index in [9.17, 15) is 39.6 Å². The minimum Gasteiger partial charge on any atom is -0.342 e. The van der Waals surface area contributed by atoms with Crippen molar-refractivity contribution in [3.63, 3.8) is 0 Å². The van der Waals surface area contributed by atoms with Gasteiger partial charge in [0, 0.05) is 13.2 Å². The van der Waals surface area contributed by atoms with Crippen molar-refractivity contribution in [2.45, 2.75) is 24.3 Å². The van der Waals surface area contributed by atoms with Gasteiger partial charge in [0.15, 0.2) is 20.5 Å². The predicted octanol–water partition coefficient (Wildman–Crippen LogP) is 2.78. The Labute approximate surface area is 197 Å². The summed E-state index contributed by atoms with van der Waals surface area (Å²) in [7, 11) is -2.74. The summed E-state index contributed by atoms with van der Waals surface area (Å²) in [6.45, 7) is -0.342. The molecule has 0 saturated heterocycles. The number of imidazole rings is 1. The molecule has 10 nitrogen and oxygen atoms in total. The third-order valence-corrected chi connectivity index (χ3v) is 6.76. The molecule has 0 radical (unpaired) electrons. The lowest BCUT2D eigenvalue weighted by Crippen LogP contribution is -2.34. The van der Waals surface area contributed by atoms with Gasteiger partial charge in [-0.1, -0.05) is 6.92 Å². The number of amides is 1. The lowest BCUT2D eigenvalue weighted by molar-refractivity contribution is -0.141. The summed E-state index contributed by atoms with van der Waals surface area (Å²) in [5.74, 6) is -1.82. The van der Waals surface area contributed by atoms with E-state index in [1.165, 1.54) is 18.5 Å². The van der Waals surface area contributed by atoms with Crippen LogP contribution in [0.25, 0.3) is 28.1 Å². The number of fused-ring (bicyclic) bond motifs is 2. The fraction of sp³-hybridized carbons (Fsp3) is 0.316. The first kappa shape index (κ1) is 25.3. The Morgan fingerprint density at radius 2 is 1.83 bits per heavy atom.